The Hall–Kier alpha value is -0.810. The van der Waals surface area contributed by atoms with Crippen molar-refractivity contribution >= 4 is 25.6 Å². The van der Waals surface area contributed by atoms with E-state index in [9.17, 15) is 13.2 Å². The highest BCUT2D eigenvalue weighted by Gasteiger charge is 2.36. The summed E-state index contributed by atoms with van der Waals surface area (Å²) in [7, 11) is 1.55. The lowest BCUT2D eigenvalue weighted by Crippen LogP contribution is -2.30. The number of hydrogen-bond donors (Lipinski definition) is 0. The van der Waals surface area contributed by atoms with E-state index in [1.807, 2.05) is 0 Å². The van der Waals surface area contributed by atoms with E-state index in [4.69, 9.17) is 26.6 Å². The van der Waals surface area contributed by atoms with Crippen LogP contribution < -0.4 is 0 Å². The molecule has 0 bridgehead atoms. The largest absolute Gasteiger partial charge is 0.377 e. The Bertz CT molecular complexity index is 444. The van der Waals surface area contributed by atoms with E-state index in [1.54, 1.807) is 0 Å². The number of likely N-dealkylation sites (tertiary alicyclic amines) is 1. The summed E-state index contributed by atoms with van der Waals surface area (Å²) in [6.45, 7) is 1.79. The van der Waals surface area contributed by atoms with Crippen LogP contribution in [-0.2, 0) is 23.3 Å². The maximum Gasteiger partial charge on any atom is 0.237 e. The summed E-state index contributed by atoms with van der Waals surface area (Å²) in [6.07, 6.45) is 4.94. The fraction of sp³-hybridized carbons (Fsp3) is 0.727. The third-order valence-electron chi connectivity index (χ3n) is 2.64. The van der Waals surface area contributed by atoms with Crippen LogP contribution in [0.2, 0.25) is 0 Å². The minimum atomic E-state index is -3.68. The Morgan fingerprint density at radius 2 is 2.05 bits per heavy atom. The van der Waals surface area contributed by atoms with E-state index in [-0.39, 0.29) is 25.5 Å². The first kappa shape index (κ1) is 16.2. The predicted molar refractivity (Wildman–Crippen MR) is 70.2 cm³/mol. The number of amides is 1. The number of hydrogen-bond acceptors (Lipinski definition) is 5. The molecule has 0 aromatic rings. The molecule has 1 aliphatic heterocycles. The number of ether oxygens (including phenoxy) is 2. The topological polar surface area (TPSA) is 72.9 Å². The Morgan fingerprint density at radius 3 is 2.63 bits per heavy atom. The standard InChI is InChI=1S/C11H16ClNO5S/c1-2-4-17-6-7-18-5-3-13-9-10(8-11(13)14)19(12,15)16/h1,10H,3-9H2. The minimum Gasteiger partial charge on any atom is -0.377 e. The van der Waals surface area contributed by atoms with Gasteiger partial charge in [-0.2, -0.15) is 0 Å². The zero-order valence-corrected chi connectivity index (χ0v) is 12.0. The lowest BCUT2D eigenvalue weighted by molar-refractivity contribution is -0.128. The van der Waals surface area contributed by atoms with Crippen LogP contribution in [0.3, 0.4) is 0 Å². The van der Waals surface area contributed by atoms with Gasteiger partial charge in [0.2, 0.25) is 15.0 Å². The van der Waals surface area contributed by atoms with Gasteiger partial charge in [0.05, 0.1) is 19.8 Å². The monoisotopic (exact) mass is 309 g/mol. The van der Waals surface area contributed by atoms with Crippen LogP contribution in [0.15, 0.2) is 0 Å². The highest BCUT2D eigenvalue weighted by Crippen LogP contribution is 2.20. The van der Waals surface area contributed by atoms with Crippen molar-refractivity contribution in [3.8, 4) is 12.3 Å². The molecule has 1 aliphatic rings. The molecule has 108 valence electrons. The molecular weight excluding hydrogens is 294 g/mol. The molecule has 0 spiro atoms. The fourth-order valence-electron chi connectivity index (χ4n) is 1.67. The Balaban J connectivity index is 2.17. The SMILES string of the molecule is C#CCOCCOCCN1CC(S(=O)(=O)Cl)CC1=O. The Kier molecular flexibility index (Phi) is 6.58. The summed E-state index contributed by atoms with van der Waals surface area (Å²) in [5, 5.41) is -0.819. The van der Waals surface area contributed by atoms with E-state index >= 15 is 0 Å². The van der Waals surface area contributed by atoms with Crippen LogP contribution in [0.4, 0.5) is 0 Å². The van der Waals surface area contributed by atoms with Gasteiger partial charge in [-0.3, -0.25) is 4.79 Å². The second kappa shape index (κ2) is 7.70. The van der Waals surface area contributed by atoms with E-state index in [2.05, 4.69) is 5.92 Å². The number of terminal acetylenes is 1. The number of rotatable bonds is 8. The molecule has 1 rings (SSSR count). The van der Waals surface area contributed by atoms with Gasteiger partial charge in [-0.15, -0.1) is 6.42 Å². The van der Waals surface area contributed by atoms with Crippen molar-refractivity contribution in [1.29, 1.82) is 0 Å². The van der Waals surface area contributed by atoms with Gasteiger partial charge >= 0.3 is 0 Å². The maximum absolute atomic E-state index is 11.5. The van der Waals surface area contributed by atoms with Crippen molar-refractivity contribution in [1.82, 2.24) is 4.90 Å². The van der Waals surface area contributed by atoms with Crippen LogP contribution in [0, 0.1) is 12.3 Å². The van der Waals surface area contributed by atoms with Gasteiger partial charge in [0.15, 0.2) is 0 Å². The smallest absolute Gasteiger partial charge is 0.237 e. The lowest BCUT2D eigenvalue weighted by Gasteiger charge is -2.15. The van der Waals surface area contributed by atoms with E-state index in [0.29, 0.717) is 26.4 Å². The lowest BCUT2D eigenvalue weighted by atomic mass is 10.4. The molecule has 0 N–H and O–H groups in total. The van der Waals surface area contributed by atoms with Gasteiger partial charge in [-0.25, -0.2) is 8.42 Å². The third-order valence-corrected chi connectivity index (χ3v) is 4.51. The number of carbonyl (C=O) groups excluding carboxylic acids is 1. The van der Waals surface area contributed by atoms with Gasteiger partial charge in [-0.1, -0.05) is 5.92 Å². The summed E-state index contributed by atoms with van der Waals surface area (Å²) < 4.78 is 32.5. The summed E-state index contributed by atoms with van der Waals surface area (Å²) >= 11 is 0. The van der Waals surface area contributed by atoms with Crippen molar-refractivity contribution in [2.24, 2.45) is 0 Å². The second-order valence-corrected chi connectivity index (χ2v) is 6.92. The van der Waals surface area contributed by atoms with Crippen LogP contribution in [0.5, 0.6) is 0 Å². The van der Waals surface area contributed by atoms with Crippen LogP contribution in [0.25, 0.3) is 0 Å². The van der Waals surface area contributed by atoms with Crippen molar-refractivity contribution in [3.63, 3.8) is 0 Å². The quantitative estimate of drug-likeness (QED) is 0.353. The fourth-order valence-corrected chi connectivity index (χ4v) is 2.72. The predicted octanol–water partition coefficient (Wildman–Crippen LogP) is -0.178. The molecule has 0 aromatic heterocycles. The molecule has 1 unspecified atom stereocenters. The first-order valence-corrected chi connectivity index (χ1v) is 8.12. The van der Waals surface area contributed by atoms with Crippen molar-refractivity contribution in [2.75, 3.05) is 39.5 Å². The molecule has 1 fully saturated rings. The van der Waals surface area contributed by atoms with Crippen LogP contribution in [0.1, 0.15) is 6.42 Å². The highest BCUT2D eigenvalue weighted by atomic mass is 35.7. The summed E-state index contributed by atoms with van der Waals surface area (Å²) in [5.74, 6) is 2.11. The normalized spacial score (nSPS) is 19.7. The molecule has 6 nitrogen and oxygen atoms in total. The molecule has 1 amide bonds. The molecule has 19 heavy (non-hydrogen) atoms. The molecule has 0 saturated carbocycles. The number of halogens is 1. The maximum atomic E-state index is 11.5. The molecule has 0 radical (unpaired) electrons. The summed E-state index contributed by atoms with van der Waals surface area (Å²) in [6, 6.07) is 0. The summed E-state index contributed by atoms with van der Waals surface area (Å²) in [5.41, 5.74) is 0. The van der Waals surface area contributed by atoms with E-state index < -0.39 is 14.3 Å². The molecule has 0 aliphatic carbocycles. The van der Waals surface area contributed by atoms with Crippen molar-refractivity contribution < 1.29 is 22.7 Å². The second-order valence-electron chi connectivity index (χ2n) is 4.01. The molecule has 1 atom stereocenters. The zero-order valence-electron chi connectivity index (χ0n) is 10.4. The Labute approximate surface area is 117 Å². The van der Waals surface area contributed by atoms with Gasteiger partial charge in [0.1, 0.15) is 11.9 Å². The van der Waals surface area contributed by atoms with Gasteiger partial charge in [-0.05, 0) is 0 Å². The molecule has 0 aromatic carbocycles. The summed E-state index contributed by atoms with van der Waals surface area (Å²) in [4.78, 5) is 13.0. The molecule has 1 saturated heterocycles. The average molecular weight is 310 g/mol. The van der Waals surface area contributed by atoms with E-state index in [0.717, 1.165) is 0 Å². The van der Waals surface area contributed by atoms with Crippen molar-refractivity contribution in [2.45, 2.75) is 11.7 Å². The molecule has 1 heterocycles. The van der Waals surface area contributed by atoms with Gasteiger partial charge in [0, 0.05) is 30.2 Å². The zero-order chi connectivity index (χ0) is 14.3. The first-order chi connectivity index (χ1) is 8.95. The third kappa shape index (κ3) is 5.78. The van der Waals surface area contributed by atoms with Gasteiger partial charge in [0.25, 0.3) is 0 Å². The van der Waals surface area contributed by atoms with Gasteiger partial charge < -0.3 is 14.4 Å². The minimum absolute atomic E-state index is 0.0584. The highest BCUT2D eigenvalue weighted by molar-refractivity contribution is 8.14. The van der Waals surface area contributed by atoms with E-state index in [1.165, 1.54) is 4.90 Å². The van der Waals surface area contributed by atoms with Crippen molar-refractivity contribution in [3.05, 3.63) is 0 Å². The van der Waals surface area contributed by atoms with Crippen LogP contribution >= 0.6 is 10.7 Å². The average Bonchev–Trinajstić information content (AvgIpc) is 2.70. The Morgan fingerprint density at radius 1 is 1.37 bits per heavy atom. The number of nitrogens with zero attached hydrogens (tertiary/aromatic N) is 1. The van der Waals surface area contributed by atoms with Crippen LogP contribution in [-0.4, -0.2) is 64.0 Å². The number of carbonyl (C=O) groups is 1. The molecular formula is C11H16ClNO5S. The first-order valence-electron chi connectivity index (χ1n) is 5.75. The molecule has 8 heteroatoms.